The summed E-state index contributed by atoms with van der Waals surface area (Å²) in [6.45, 7) is 6.57. The molecule has 23 heavy (non-hydrogen) atoms. The lowest BCUT2D eigenvalue weighted by atomic mass is 10.0. The van der Waals surface area contributed by atoms with Crippen molar-refractivity contribution in [3.05, 3.63) is 24.0 Å². The topological polar surface area (TPSA) is 75.4 Å². The van der Waals surface area contributed by atoms with Crippen molar-refractivity contribution in [2.45, 2.75) is 51.7 Å². The van der Waals surface area contributed by atoms with E-state index in [1.54, 1.807) is 17.2 Å². The van der Waals surface area contributed by atoms with Crippen LogP contribution in [0.15, 0.2) is 18.5 Å². The molecule has 6 nitrogen and oxygen atoms in total. The minimum atomic E-state index is -0.517. The van der Waals surface area contributed by atoms with E-state index in [1.165, 1.54) is 6.20 Å². The molecule has 0 aliphatic carbocycles. The number of ether oxygens (including phenoxy) is 2. The summed E-state index contributed by atoms with van der Waals surface area (Å²) in [5.74, 6) is 0.449. The summed E-state index contributed by atoms with van der Waals surface area (Å²) >= 11 is 0. The Labute approximate surface area is 137 Å². The molecule has 2 rings (SSSR count). The first kappa shape index (κ1) is 17.1. The van der Waals surface area contributed by atoms with Crippen LogP contribution in [-0.4, -0.2) is 40.8 Å². The first-order valence-electron chi connectivity index (χ1n) is 7.87. The third kappa shape index (κ3) is 4.85. The Hall–Kier alpha value is -2.29. The average Bonchev–Trinajstić information content (AvgIpc) is 2.51. The molecule has 0 aromatic carbocycles. The minimum absolute atomic E-state index is 0.0506. The van der Waals surface area contributed by atoms with Crippen molar-refractivity contribution in [1.82, 2.24) is 9.88 Å². The van der Waals surface area contributed by atoms with Gasteiger partial charge in [-0.1, -0.05) is 0 Å². The lowest BCUT2D eigenvalue weighted by Crippen LogP contribution is -2.48. The monoisotopic (exact) mass is 317 g/mol. The molecule has 1 aliphatic rings. The van der Waals surface area contributed by atoms with Gasteiger partial charge >= 0.3 is 6.09 Å². The van der Waals surface area contributed by atoms with Crippen LogP contribution in [0.4, 0.5) is 4.79 Å². The molecular weight excluding hydrogens is 294 g/mol. The van der Waals surface area contributed by atoms with Crippen LogP contribution in [0.2, 0.25) is 0 Å². The molecule has 0 radical (unpaired) electrons. The predicted molar refractivity (Wildman–Crippen MR) is 85.0 cm³/mol. The van der Waals surface area contributed by atoms with Crippen molar-refractivity contribution >= 4 is 6.09 Å². The fraction of sp³-hybridized carbons (Fsp3) is 0.588. The third-order valence-electron chi connectivity index (χ3n) is 3.59. The molecule has 6 heteroatoms. The number of hydrogen-bond acceptors (Lipinski definition) is 5. The highest BCUT2D eigenvalue weighted by Crippen LogP contribution is 2.22. The SMILES string of the molecule is CC(C)(C)OC(=O)N1CCCC[C@H]1COc1cnccc1C#N. The van der Waals surface area contributed by atoms with Crippen molar-refractivity contribution in [2.24, 2.45) is 0 Å². The molecule has 0 spiro atoms. The van der Waals surface area contributed by atoms with Crippen LogP contribution in [0, 0.1) is 11.3 Å². The molecule has 1 atom stereocenters. The number of pyridine rings is 1. The van der Waals surface area contributed by atoms with Gasteiger partial charge in [-0.2, -0.15) is 5.26 Å². The number of piperidine rings is 1. The first-order valence-corrected chi connectivity index (χ1v) is 7.87. The molecule has 124 valence electrons. The quantitative estimate of drug-likeness (QED) is 0.856. The number of carbonyl (C=O) groups is 1. The van der Waals surface area contributed by atoms with E-state index in [9.17, 15) is 4.79 Å². The molecule has 1 aromatic rings. The second-order valence-electron chi connectivity index (χ2n) is 6.62. The first-order chi connectivity index (χ1) is 10.9. The van der Waals surface area contributed by atoms with Crippen LogP contribution in [0.1, 0.15) is 45.6 Å². The van der Waals surface area contributed by atoms with E-state index >= 15 is 0 Å². The summed E-state index contributed by atoms with van der Waals surface area (Å²) in [5, 5.41) is 9.08. The summed E-state index contributed by atoms with van der Waals surface area (Å²) in [4.78, 5) is 18.1. The zero-order chi connectivity index (χ0) is 16.9. The maximum Gasteiger partial charge on any atom is 0.410 e. The van der Waals surface area contributed by atoms with E-state index in [1.807, 2.05) is 20.8 Å². The van der Waals surface area contributed by atoms with E-state index in [2.05, 4.69) is 11.1 Å². The van der Waals surface area contributed by atoms with E-state index in [0.29, 0.717) is 24.5 Å². The van der Waals surface area contributed by atoms with Crippen LogP contribution in [-0.2, 0) is 4.74 Å². The fourth-order valence-corrected chi connectivity index (χ4v) is 2.51. The van der Waals surface area contributed by atoms with Crippen LogP contribution in [0.25, 0.3) is 0 Å². The number of carbonyl (C=O) groups excluding carboxylic acids is 1. The van der Waals surface area contributed by atoms with Crippen LogP contribution in [0.3, 0.4) is 0 Å². The standard InChI is InChI=1S/C17H23N3O3/c1-17(2,3)23-16(21)20-9-5-4-6-14(20)12-22-15-11-19-8-7-13(15)10-18/h7-8,11,14H,4-6,9,12H2,1-3H3/t14-/m0/s1. The van der Waals surface area contributed by atoms with Gasteiger partial charge in [-0.15, -0.1) is 0 Å². The highest BCUT2D eigenvalue weighted by Gasteiger charge is 2.31. The lowest BCUT2D eigenvalue weighted by molar-refractivity contribution is 0.00358. The normalized spacial score (nSPS) is 18.2. The largest absolute Gasteiger partial charge is 0.488 e. The maximum absolute atomic E-state index is 12.3. The average molecular weight is 317 g/mol. The van der Waals surface area contributed by atoms with Crippen LogP contribution >= 0.6 is 0 Å². The van der Waals surface area contributed by atoms with Crippen molar-refractivity contribution in [2.75, 3.05) is 13.2 Å². The van der Waals surface area contributed by atoms with E-state index < -0.39 is 5.60 Å². The molecular formula is C17H23N3O3. The van der Waals surface area contributed by atoms with Gasteiger partial charge in [0, 0.05) is 12.7 Å². The number of nitrogens with zero attached hydrogens (tertiary/aromatic N) is 3. The summed E-state index contributed by atoms with van der Waals surface area (Å²) in [7, 11) is 0. The highest BCUT2D eigenvalue weighted by atomic mass is 16.6. The van der Waals surface area contributed by atoms with Gasteiger partial charge in [0.1, 0.15) is 18.3 Å². The van der Waals surface area contributed by atoms with Gasteiger partial charge in [0.05, 0.1) is 17.8 Å². The number of nitriles is 1. The Morgan fingerprint density at radius 1 is 1.48 bits per heavy atom. The number of hydrogen-bond donors (Lipinski definition) is 0. The van der Waals surface area contributed by atoms with Gasteiger partial charge in [-0.05, 0) is 46.1 Å². The number of likely N-dealkylation sites (tertiary alicyclic amines) is 1. The lowest BCUT2D eigenvalue weighted by Gasteiger charge is -2.36. The molecule has 1 amide bonds. The molecule has 1 saturated heterocycles. The number of aromatic nitrogens is 1. The van der Waals surface area contributed by atoms with E-state index in [-0.39, 0.29) is 12.1 Å². The van der Waals surface area contributed by atoms with E-state index in [0.717, 1.165) is 19.3 Å². The molecule has 1 aromatic heterocycles. The van der Waals surface area contributed by atoms with Gasteiger partial charge in [0.15, 0.2) is 5.75 Å². The fourth-order valence-electron chi connectivity index (χ4n) is 2.51. The molecule has 2 heterocycles. The summed E-state index contributed by atoms with van der Waals surface area (Å²) in [5.41, 5.74) is -0.0725. The molecule has 0 saturated carbocycles. The van der Waals surface area contributed by atoms with E-state index in [4.69, 9.17) is 14.7 Å². The molecule has 0 unspecified atom stereocenters. The van der Waals surface area contributed by atoms with Crippen LogP contribution in [0.5, 0.6) is 5.75 Å². The van der Waals surface area contributed by atoms with Crippen molar-refractivity contribution in [1.29, 1.82) is 5.26 Å². The Morgan fingerprint density at radius 3 is 2.96 bits per heavy atom. The van der Waals surface area contributed by atoms with Crippen molar-refractivity contribution in [3.63, 3.8) is 0 Å². The van der Waals surface area contributed by atoms with Crippen LogP contribution < -0.4 is 4.74 Å². The van der Waals surface area contributed by atoms with Gasteiger partial charge in [-0.25, -0.2) is 4.79 Å². The number of rotatable bonds is 3. The Morgan fingerprint density at radius 2 is 2.26 bits per heavy atom. The summed E-state index contributed by atoms with van der Waals surface area (Å²) < 4.78 is 11.2. The second kappa shape index (κ2) is 7.32. The van der Waals surface area contributed by atoms with Gasteiger partial charge in [0.2, 0.25) is 0 Å². The van der Waals surface area contributed by atoms with Crippen molar-refractivity contribution < 1.29 is 14.3 Å². The Bertz CT molecular complexity index is 589. The van der Waals surface area contributed by atoms with Gasteiger partial charge < -0.3 is 14.4 Å². The van der Waals surface area contributed by atoms with Gasteiger partial charge in [0.25, 0.3) is 0 Å². The Kier molecular flexibility index (Phi) is 5.43. The van der Waals surface area contributed by atoms with Gasteiger partial charge in [-0.3, -0.25) is 4.98 Å². The smallest absolute Gasteiger partial charge is 0.410 e. The Balaban J connectivity index is 2.01. The summed E-state index contributed by atoms with van der Waals surface area (Å²) in [6.07, 6.45) is 5.65. The van der Waals surface area contributed by atoms with Crippen molar-refractivity contribution in [3.8, 4) is 11.8 Å². The molecule has 1 aliphatic heterocycles. The second-order valence-corrected chi connectivity index (χ2v) is 6.62. The third-order valence-corrected chi connectivity index (χ3v) is 3.59. The zero-order valence-electron chi connectivity index (χ0n) is 13.9. The summed E-state index contributed by atoms with van der Waals surface area (Å²) in [6, 6.07) is 3.64. The zero-order valence-corrected chi connectivity index (χ0v) is 13.9. The minimum Gasteiger partial charge on any atom is -0.488 e. The molecule has 0 bridgehead atoms. The highest BCUT2D eigenvalue weighted by molar-refractivity contribution is 5.68. The maximum atomic E-state index is 12.3. The predicted octanol–water partition coefficient (Wildman–Crippen LogP) is 3.12. The molecule has 1 fully saturated rings. The molecule has 0 N–H and O–H groups in total. The number of amides is 1.